The molecule has 0 heterocycles. The van der Waals surface area contributed by atoms with Gasteiger partial charge in [0.05, 0.1) is 4.92 Å². The minimum atomic E-state index is -0.523. The van der Waals surface area contributed by atoms with E-state index in [4.69, 9.17) is 5.26 Å². The lowest BCUT2D eigenvalue weighted by Gasteiger charge is -2.08. The highest BCUT2D eigenvalue weighted by atomic mass is 32.2. The predicted octanol–water partition coefficient (Wildman–Crippen LogP) is 2.18. The molecule has 100 valence electrons. The molecule has 0 aliphatic heterocycles. The third-order valence-electron chi connectivity index (χ3n) is 2.10. The number of nitro benzene ring substituents is 1. The number of amides is 1. The van der Waals surface area contributed by atoms with Crippen LogP contribution < -0.4 is 10.6 Å². The van der Waals surface area contributed by atoms with Gasteiger partial charge in [0.25, 0.3) is 5.69 Å². The van der Waals surface area contributed by atoms with Crippen LogP contribution in [0.5, 0.6) is 0 Å². The van der Waals surface area contributed by atoms with Crippen molar-refractivity contribution in [3.05, 3.63) is 28.3 Å². The summed E-state index contributed by atoms with van der Waals surface area (Å²) < 4.78 is 0. The van der Waals surface area contributed by atoms with Crippen LogP contribution in [0.15, 0.2) is 18.2 Å². The minimum absolute atomic E-state index is 0.117. The maximum atomic E-state index is 10.9. The SMILES string of the molecule is CC(=O)Nc1ccc(NCCSC#N)c([N+](=O)[O-])c1. The summed E-state index contributed by atoms with van der Waals surface area (Å²) in [4.78, 5) is 21.3. The van der Waals surface area contributed by atoms with Crippen LogP contribution in [-0.4, -0.2) is 23.1 Å². The molecule has 1 amide bonds. The first-order valence-corrected chi connectivity index (χ1v) is 6.34. The molecule has 0 aromatic heterocycles. The third-order valence-corrected chi connectivity index (χ3v) is 2.64. The summed E-state index contributed by atoms with van der Waals surface area (Å²) in [5.41, 5.74) is 0.613. The Hall–Kier alpha value is -2.27. The summed E-state index contributed by atoms with van der Waals surface area (Å²) in [6.45, 7) is 1.77. The largest absolute Gasteiger partial charge is 0.379 e. The fourth-order valence-electron chi connectivity index (χ4n) is 1.40. The number of nitro groups is 1. The van der Waals surface area contributed by atoms with Crippen LogP contribution in [0.3, 0.4) is 0 Å². The number of hydrogen-bond acceptors (Lipinski definition) is 6. The van der Waals surface area contributed by atoms with Crippen LogP contribution in [0.2, 0.25) is 0 Å². The number of nitrogens with one attached hydrogen (secondary N) is 2. The van der Waals surface area contributed by atoms with Gasteiger partial charge in [0.15, 0.2) is 0 Å². The smallest absolute Gasteiger partial charge is 0.294 e. The van der Waals surface area contributed by atoms with E-state index in [2.05, 4.69) is 10.6 Å². The molecule has 0 unspecified atom stereocenters. The molecule has 19 heavy (non-hydrogen) atoms. The van der Waals surface area contributed by atoms with Crippen molar-refractivity contribution in [2.75, 3.05) is 22.9 Å². The number of carbonyl (C=O) groups is 1. The van der Waals surface area contributed by atoms with E-state index in [1.165, 1.54) is 19.1 Å². The van der Waals surface area contributed by atoms with Gasteiger partial charge < -0.3 is 10.6 Å². The van der Waals surface area contributed by atoms with Crippen LogP contribution >= 0.6 is 11.8 Å². The van der Waals surface area contributed by atoms with Crippen LogP contribution in [0.4, 0.5) is 17.1 Å². The standard InChI is InChI=1S/C11H12N4O3S/c1-8(16)14-9-2-3-10(11(6-9)15(17)18)13-4-5-19-7-12/h2-3,6,13H,4-5H2,1H3,(H,14,16). The number of nitrogens with zero attached hydrogens (tertiary/aromatic N) is 2. The van der Waals surface area contributed by atoms with Gasteiger partial charge in [0.2, 0.25) is 5.91 Å². The molecule has 0 aliphatic rings. The zero-order chi connectivity index (χ0) is 14.3. The Bertz CT molecular complexity index is 527. The first kappa shape index (κ1) is 14.8. The number of hydrogen-bond donors (Lipinski definition) is 2. The van der Waals surface area contributed by atoms with Crippen molar-refractivity contribution in [3.8, 4) is 5.40 Å². The van der Waals surface area contributed by atoms with Crippen molar-refractivity contribution in [2.45, 2.75) is 6.92 Å². The second kappa shape index (κ2) is 7.23. The van der Waals surface area contributed by atoms with Crippen molar-refractivity contribution in [1.82, 2.24) is 0 Å². The van der Waals surface area contributed by atoms with Crippen molar-refractivity contribution >= 4 is 34.7 Å². The second-order valence-corrected chi connectivity index (χ2v) is 4.42. The van der Waals surface area contributed by atoms with Crippen LogP contribution in [0.1, 0.15) is 6.92 Å². The molecule has 0 saturated heterocycles. The van der Waals surface area contributed by atoms with Gasteiger partial charge in [-0.25, -0.2) is 0 Å². The normalized spacial score (nSPS) is 9.47. The summed E-state index contributed by atoms with van der Waals surface area (Å²) in [5.74, 6) is 0.238. The topological polar surface area (TPSA) is 108 Å². The summed E-state index contributed by atoms with van der Waals surface area (Å²) in [7, 11) is 0. The van der Waals surface area contributed by atoms with Crippen molar-refractivity contribution in [2.24, 2.45) is 0 Å². The number of nitriles is 1. The Kier molecular flexibility index (Phi) is 5.63. The summed E-state index contributed by atoms with van der Waals surface area (Å²) >= 11 is 1.07. The molecule has 1 aromatic carbocycles. The number of rotatable bonds is 6. The lowest BCUT2D eigenvalue weighted by Crippen LogP contribution is -2.08. The molecule has 1 aromatic rings. The van der Waals surface area contributed by atoms with Crippen LogP contribution in [0.25, 0.3) is 0 Å². The predicted molar refractivity (Wildman–Crippen MR) is 74.0 cm³/mol. The van der Waals surface area contributed by atoms with Gasteiger partial charge in [-0.1, -0.05) is 0 Å². The first-order valence-electron chi connectivity index (χ1n) is 5.35. The average molecular weight is 280 g/mol. The molecule has 0 aliphatic carbocycles. The van der Waals surface area contributed by atoms with Crippen LogP contribution in [-0.2, 0) is 4.79 Å². The van der Waals surface area contributed by atoms with E-state index in [1.807, 2.05) is 5.40 Å². The fraction of sp³-hybridized carbons (Fsp3) is 0.273. The van der Waals surface area contributed by atoms with E-state index in [0.29, 0.717) is 23.7 Å². The molecule has 2 N–H and O–H groups in total. The van der Waals surface area contributed by atoms with Crippen molar-refractivity contribution in [3.63, 3.8) is 0 Å². The molecule has 0 saturated carbocycles. The van der Waals surface area contributed by atoms with E-state index >= 15 is 0 Å². The Morgan fingerprint density at radius 2 is 2.32 bits per heavy atom. The number of thiocyanates is 1. The maximum absolute atomic E-state index is 10.9. The van der Waals surface area contributed by atoms with Crippen LogP contribution in [0, 0.1) is 20.8 Å². The lowest BCUT2D eigenvalue weighted by atomic mass is 10.2. The van der Waals surface area contributed by atoms with E-state index in [-0.39, 0.29) is 11.6 Å². The number of anilines is 2. The fourth-order valence-corrected chi connectivity index (χ4v) is 1.69. The van der Waals surface area contributed by atoms with Gasteiger partial charge >= 0.3 is 0 Å². The first-order chi connectivity index (χ1) is 9.04. The summed E-state index contributed by atoms with van der Waals surface area (Å²) in [5, 5.41) is 26.6. The lowest BCUT2D eigenvalue weighted by molar-refractivity contribution is -0.383. The molecule has 0 atom stereocenters. The van der Waals surface area contributed by atoms with Gasteiger partial charge in [0, 0.05) is 31.0 Å². The zero-order valence-electron chi connectivity index (χ0n) is 10.2. The van der Waals surface area contributed by atoms with E-state index in [0.717, 1.165) is 11.8 Å². The number of carbonyl (C=O) groups excluding carboxylic acids is 1. The monoisotopic (exact) mass is 280 g/mol. The molecule has 0 fully saturated rings. The highest BCUT2D eigenvalue weighted by molar-refractivity contribution is 8.03. The molecular weight excluding hydrogens is 268 g/mol. The molecule has 8 heteroatoms. The number of benzene rings is 1. The Morgan fingerprint density at radius 1 is 1.58 bits per heavy atom. The van der Waals surface area contributed by atoms with E-state index < -0.39 is 4.92 Å². The van der Waals surface area contributed by atoms with Crippen molar-refractivity contribution in [1.29, 1.82) is 5.26 Å². The maximum Gasteiger partial charge on any atom is 0.294 e. The van der Waals surface area contributed by atoms with Crippen molar-refractivity contribution < 1.29 is 9.72 Å². The quantitative estimate of drug-likeness (QED) is 0.358. The average Bonchev–Trinajstić information content (AvgIpc) is 2.35. The van der Waals surface area contributed by atoms with Gasteiger partial charge in [-0.15, -0.1) is 0 Å². The highest BCUT2D eigenvalue weighted by Crippen LogP contribution is 2.27. The van der Waals surface area contributed by atoms with E-state index in [1.54, 1.807) is 6.07 Å². The molecule has 0 radical (unpaired) electrons. The Labute approximate surface area is 114 Å². The number of thioether (sulfide) groups is 1. The molecule has 1 rings (SSSR count). The Morgan fingerprint density at radius 3 is 2.89 bits per heavy atom. The molecule has 7 nitrogen and oxygen atoms in total. The molecule has 0 spiro atoms. The zero-order valence-corrected chi connectivity index (χ0v) is 11.0. The van der Waals surface area contributed by atoms with Gasteiger partial charge in [-0.3, -0.25) is 14.9 Å². The van der Waals surface area contributed by atoms with E-state index in [9.17, 15) is 14.9 Å². The molecule has 0 bridgehead atoms. The second-order valence-electron chi connectivity index (χ2n) is 3.54. The van der Waals surface area contributed by atoms with Gasteiger partial charge in [-0.05, 0) is 23.9 Å². The molecular formula is C11H12N4O3S. The van der Waals surface area contributed by atoms with Gasteiger partial charge in [-0.2, -0.15) is 5.26 Å². The minimum Gasteiger partial charge on any atom is -0.379 e. The summed E-state index contributed by atoms with van der Waals surface area (Å²) in [6.07, 6.45) is 0. The highest BCUT2D eigenvalue weighted by Gasteiger charge is 2.14. The Balaban J connectivity index is 2.83. The van der Waals surface area contributed by atoms with Gasteiger partial charge in [0.1, 0.15) is 11.1 Å². The summed E-state index contributed by atoms with van der Waals surface area (Å²) in [6, 6.07) is 4.40. The third kappa shape index (κ3) is 4.85.